The Labute approximate surface area is 180 Å². The summed E-state index contributed by atoms with van der Waals surface area (Å²) in [7, 11) is 0. The molecule has 8 heteroatoms. The zero-order valence-electron chi connectivity index (χ0n) is 16.3. The van der Waals surface area contributed by atoms with Crippen LogP contribution in [0.15, 0.2) is 23.0 Å². The van der Waals surface area contributed by atoms with Crippen LogP contribution in [0.2, 0.25) is 10.0 Å². The molecular formula is C21H26Cl2N4O2. The fourth-order valence-corrected chi connectivity index (χ4v) is 3.84. The Bertz CT molecular complexity index is 895. The number of unbranched alkanes of at least 4 members (excludes halogenated alkanes) is 2. The van der Waals surface area contributed by atoms with Crippen LogP contribution in [0.1, 0.15) is 48.9 Å². The Morgan fingerprint density at radius 3 is 2.86 bits per heavy atom. The smallest absolute Gasteiger partial charge is 0.256 e. The third-order valence-corrected chi connectivity index (χ3v) is 5.93. The van der Waals surface area contributed by atoms with E-state index in [1.54, 1.807) is 12.1 Å². The van der Waals surface area contributed by atoms with E-state index in [4.69, 9.17) is 33.3 Å². The number of nitrogens with zero attached hydrogens (tertiary/aromatic N) is 1. The van der Waals surface area contributed by atoms with Gasteiger partial charge in [0.05, 0.1) is 15.7 Å². The second-order valence-electron chi connectivity index (χ2n) is 7.35. The average Bonchev–Trinajstić information content (AvgIpc) is 3.23. The molecule has 0 amide bonds. The first-order valence-corrected chi connectivity index (χ1v) is 10.7. The van der Waals surface area contributed by atoms with E-state index in [1.165, 1.54) is 6.42 Å². The van der Waals surface area contributed by atoms with E-state index in [-0.39, 0.29) is 5.56 Å². The first kappa shape index (κ1) is 21.8. The van der Waals surface area contributed by atoms with Crippen LogP contribution in [-0.2, 0) is 17.7 Å². The lowest BCUT2D eigenvalue weighted by atomic mass is 9.99. The highest BCUT2D eigenvalue weighted by atomic mass is 35.5. The van der Waals surface area contributed by atoms with E-state index in [1.807, 2.05) is 6.07 Å². The maximum Gasteiger partial charge on any atom is 0.256 e. The lowest BCUT2D eigenvalue weighted by Gasteiger charge is -2.10. The molecule has 0 bridgehead atoms. The normalized spacial score (nSPS) is 16.1. The van der Waals surface area contributed by atoms with Gasteiger partial charge < -0.3 is 15.5 Å². The summed E-state index contributed by atoms with van der Waals surface area (Å²) < 4.78 is 5.40. The Morgan fingerprint density at radius 2 is 2.14 bits per heavy atom. The number of anilines is 1. The minimum atomic E-state index is -0.195. The zero-order valence-corrected chi connectivity index (χ0v) is 17.8. The summed E-state index contributed by atoms with van der Waals surface area (Å²) in [6.07, 6.45) is 7.23. The monoisotopic (exact) mass is 436 g/mol. The highest BCUT2D eigenvalue weighted by molar-refractivity contribution is 6.42. The number of hydrogen-bond donors (Lipinski definition) is 3. The SMILES string of the molecule is N=Cc1nc(NCc2ccc(Cl)c(Cl)c2)[nH]c(=O)c1CCCCCC1CCOC1. The molecule has 2 heterocycles. The number of aromatic amines is 1. The van der Waals surface area contributed by atoms with Crippen LogP contribution in [0.3, 0.4) is 0 Å². The summed E-state index contributed by atoms with van der Waals surface area (Å²) in [6.45, 7) is 2.21. The van der Waals surface area contributed by atoms with Gasteiger partial charge in [0, 0.05) is 31.5 Å². The molecule has 2 aromatic rings. The third-order valence-electron chi connectivity index (χ3n) is 5.19. The summed E-state index contributed by atoms with van der Waals surface area (Å²) in [5, 5.41) is 11.7. The number of halogens is 2. The van der Waals surface area contributed by atoms with Crippen molar-refractivity contribution >= 4 is 35.4 Å². The average molecular weight is 437 g/mol. The van der Waals surface area contributed by atoms with E-state index in [2.05, 4.69) is 15.3 Å². The predicted molar refractivity (Wildman–Crippen MR) is 118 cm³/mol. The second-order valence-corrected chi connectivity index (χ2v) is 8.17. The third kappa shape index (κ3) is 6.29. The maximum absolute atomic E-state index is 12.5. The topological polar surface area (TPSA) is 90.9 Å². The van der Waals surface area contributed by atoms with E-state index in [0.717, 1.165) is 50.7 Å². The summed E-state index contributed by atoms with van der Waals surface area (Å²) in [4.78, 5) is 19.7. The van der Waals surface area contributed by atoms with Crippen molar-refractivity contribution < 1.29 is 4.74 Å². The molecule has 156 valence electrons. The highest BCUT2D eigenvalue weighted by Gasteiger charge is 2.15. The summed E-state index contributed by atoms with van der Waals surface area (Å²) in [6, 6.07) is 5.34. The maximum atomic E-state index is 12.5. The fourth-order valence-electron chi connectivity index (χ4n) is 3.52. The number of benzene rings is 1. The largest absolute Gasteiger partial charge is 0.381 e. The van der Waals surface area contributed by atoms with Gasteiger partial charge in [-0.2, -0.15) is 0 Å². The van der Waals surface area contributed by atoms with Crippen LogP contribution in [0.4, 0.5) is 5.95 Å². The van der Waals surface area contributed by atoms with Gasteiger partial charge in [-0.1, -0.05) is 42.1 Å². The number of aromatic nitrogens is 2. The summed E-state index contributed by atoms with van der Waals surface area (Å²) >= 11 is 12.0. The lowest BCUT2D eigenvalue weighted by molar-refractivity contribution is 0.183. The molecule has 3 N–H and O–H groups in total. The molecule has 0 aliphatic carbocycles. The Kier molecular flexibility index (Phi) is 8.09. The molecule has 0 spiro atoms. The molecule has 1 aliphatic rings. The van der Waals surface area contributed by atoms with Crippen molar-refractivity contribution in [1.82, 2.24) is 9.97 Å². The lowest BCUT2D eigenvalue weighted by Crippen LogP contribution is -2.20. The van der Waals surface area contributed by atoms with Crippen molar-refractivity contribution in [2.75, 3.05) is 18.5 Å². The van der Waals surface area contributed by atoms with Crippen molar-refractivity contribution in [3.05, 3.63) is 55.4 Å². The summed E-state index contributed by atoms with van der Waals surface area (Å²) in [5.41, 5.74) is 1.70. The van der Waals surface area contributed by atoms with Crippen LogP contribution >= 0.6 is 23.2 Å². The second kappa shape index (κ2) is 10.8. The van der Waals surface area contributed by atoms with Gasteiger partial charge in [-0.05, 0) is 49.3 Å². The number of H-pyrrole nitrogens is 1. The van der Waals surface area contributed by atoms with Gasteiger partial charge in [0.1, 0.15) is 0 Å². The van der Waals surface area contributed by atoms with E-state index in [0.29, 0.717) is 46.1 Å². The number of nitrogens with one attached hydrogen (secondary N) is 3. The molecule has 1 fully saturated rings. The van der Waals surface area contributed by atoms with Crippen LogP contribution in [0, 0.1) is 11.3 Å². The molecular weight excluding hydrogens is 411 g/mol. The van der Waals surface area contributed by atoms with Crippen LogP contribution in [-0.4, -0.2) is 29.4 Å². The van der Waals surface area contributed by atoms with Gasteiger partial charge in [0.2, 0.25) is 5.95 Å². The first-order chi connectivity index (χ1) is 14.1. The minimum absolute atomic E-state index is 0.195. The van der Waals surface area contributed by atoms with Gasteiger partial charge in [0.15, 0.2) is 0 Å². The Balaban J connectivity index is 1.54. The molecule has 6 nitrogen and oxygen atoms in total. The minimum Gasteiger partial charge on any atom is -0.381 e. The van der Waals surface area contributed by atoms with Gasteiger partial charge in [-0.15, -0.1) is 0 Å². The number of ether oxygens (including phenoxy) is 1. The molecule has 1 aromatic heterocycles. The number of hydrogen-bond acceptors (Lipinski definition) is 5. The van der Waals surface area contributed by atoms with Crippen LogP contribution in [0.5, 0.6) is 0 Å². The predicted octanol–water partition coefficient (Wildman–Crippen LogP) is 4.83. The van der Waals surface area contributed by atoms with Crippen molar-refractivity contribution in [2.24, 2.45) is 5.92 Å². The van der Waals surface area contributed by atoms with Crippen molar-refractivity contribution in [3.8, 4) is 0 Å². The standard InChI is InChI=1S/C21H26Cl2N4O2/c22-17-7-6-15(10-18(17)23)12-25-21-26-19(11-24)16(20(28)27-21)5-3-1-2-4-14-8-9-29-13-14/h6-7,10-11,14,24H,1-5,8-9,12-13H2,(H2,25,26,27,28). The van der Waals surface area contributed by atoms with Gasteiger partial charge >= 0.3 is 0 Å². The van der Waals surface area contributed by atoms with E-state index in [9.17, 15) is 4.79 Å². The molecule has 1 aliphatic heterocycles. The van der Waals surface area contributed by atoms with Gasteiger partial charge in [-0.3, -0.25) is 9.78 Å². The van der Waals surface area contributed by atoms with Crippen molar-refractivity contribution in [1.29, 1.82) is 5.41 Å². The van der Waals surface area contributed by atoms with E-state index >= 15 is 0 Å². The molecule has 0 saturated carbocycles. The molecule has 0 radical (unpaired) electrons. The van der Waals surface area contributed by atoms with Crippen molar-refractivity contribution in [2.45, 2.75) is 45.1 Å². The molecule has 1 saturated heterocycles. The summed E-state index contributed by atoms with van der Waals surface area (Å²) in [5.74, 6) is 1.03. The molecule has 1 atom stereocenters. The van der Waals surface area contributed by atoms with Crippen LogP contribution in [0.25, 0.3) is 0 Å². The molecule has 1 unspecified atom stereocenters. The van der Waals surface area contributed by atoms with E-state index < -0.39 is 0 Å². The Morgan fingerprint density at radius 1 is 1.28 bits per heavy atom. The molecule has 1 aromatic carbocycles. The zero-order chi connectivity index (χ0) is 20.6. The first-order valence-electron chi connectivity index (χ1n) is 9.96. The number of rotatable bonds is 10. The quantitative estimate of drug-likeness (QED) is 0.367. The molecule has 3 rings (SSSR count). The highest BCUT2D eigenvalue weighted by Crippen LogP contribution is 2.23. The molecule has 29 heavy (non-hydrogen) atoms. The van der Waals surface area contributed by atoms with Crippen molar-refractivity contribution in [3.63, 3.8) is 0 Å². The van der Waals surface area contributed by atoms with Gasteiger partial charge in [0.25, 0.3) is 5.56 Å². The van der Waals surface area contributed by atoms with Gasteiger partial charge in [-0.25, -0.2) is 4.98 Å². The van der Waals surface area contributed by atoms with Crippen LogP contribution < -0.4 is 10.9 Å². The fraction of sp³-hybridized carbons (Fsp3) is 0.476. The Hall–Kier alpha value is -1.89.